The molecule has 132 valence electrons. The Hall–Kier alpha value is -2.61. The summed E-state index contributed by atoms with van der Waals surface area (Å²) in [4.78, 5) is 27.3. The average Bonchev–Trinajstić information content (AvgIpc) is 2.54. The van der Waals surface area contributed by atoms with Crippen LogP contribution in [-0.2, 0) is 9.59 Å². The SMILES string of the molecule is CN(CC(=O)Nc1cccc(Cl)c1)CC(=O)N(CCC#N)CCC#N. The summed E-state index contributed by atoms with van der Waals surface area (Å²) in [6.45, 7) is 0.613. The molecule has 0 atom stereocenters. The summed E-state index contributed by atoms with van der Waals surface area (Å²) in [5, 5.41) is 20.5. The molecule has 1 rings (SSSR count). The van der Waals surface area contributed by atoms with Gasteiger partial charge in [-0.1, -0.05) is 17.7 Å². The number of hydrogen-bond donors (Lipinski definition) is 1. The Morgan fingerprint density at radius 3 is 2.36 bits per heavy atom. The molecule has 0 radical (unpaired) electrons. The highest BCUT2D eigenvalue weighted by Crippen LogP contribution is 2.14. The van der Waals surface area contributed by atoms with Gasteiger partial charge in [-0.15, -0.1) is 0 Å². The van der Waals surface area contributed by atoms with Gasteiger partial charge in [0.2, 0.25) is 11.8 Å². The third-order valence-corrected chi connectivity index (χ3v) is 3.50. The topological polar surface area (TPSA) is 100 Å². The highest BCUT2D eigenvalue weighted by atomic mass is 35.5. The summed E-state index contributed by atoms with van der Waals surface area (Å²) < 4.78 is 0. The molecule has 0 fully saturated rings. The van der Waals surface area contributed by atoms with Gasteiger partial charge < -0.3 is 10.2 Å². The third-order valence-electron chi connectivity index (χ3n) is 3.27. The zero-order valence-electron chi connectivity index (χ0n) is 14.0. The molecule has 7 nitrogen and oxygen atoms in total. The molecular formula is C17H20ClN5O2. The van der Waals surface area contributed by atoms with E-state index in [4.69, 9.17) is 22.1 Å². The summed E-state index contributed by atoms with van der Waals surface area (Å²) in [5.41, 5.74) is 0.585. The van der Waals surface area contributed by atoms with Crippen molar-refractivity contribution >= 4 is 29.1 Å². The van der Waals surface area contributed by atoms with E-state index in [1.165, 1.54) is 4.90 Å². The van der Waals surface area contributed by atoms with Gasteiger partial charge in [-0.25, -0.2) is 0 Å². The summed E-state index contributed by atoms with van der Waals surface area (Å²) in [6.07, 6.45) is 0.409. The fourth-order valence-corrected chi connectivity index (χ4v) is 2.32. The highest BCUT2D eigenvalue weighted by Gasteiger charge is 2.16. The molecule has 0 aliphatic rings. The fourth-order valence-electron chi connectivity index (χ4n) is 2.13. The minimum atomic E-state index is -0.266. The minimum Gasteiger partial charge on any atom is -0.340 e. The quantitative estimate of drug-likeness (QED) is 0.723. The van der Waals surface area contributed by atoms with E-state index < -0.39 is 0 Å². The normalized spacial score (nSPS) is 9.96. The third kappa shape index (κ3) is 8.16. The second-order valence-corrected chi connectivity index (χ2v) is 5.86. The van der Waals surface area contributed by atoms with Crippen LogP contribution in [0.3, 0.4) is 0 Å². The summed E-state index contributed by atoms with van der Waals surface area (Å²) in [5.74, 6) is -0.485. The minimum absolute atomic E-state index is 0.0276. The number of carbonyl (C=O) groups is 2. The highest BCUT2D eigenvalue weighted by molar-refractivity contribution is 6.30. The smallest absolute Gasteiger partial charge is 0.238 e. The standard InChI is InChI=1S/C17H20ClN5O2/c1-22(12-16(24)21-15-6-2-5-14(18)11-15)13-17(25)23(9-3-7-19)10-4-8-20/h2,5-6,11H,3-4,9-10,12-13H2,1H3,(H,21,24). The van der Waals surface area contributed by atoms with Crippen molar-refractivity contribution in [3.8, 4) is 12.1 Å². The molecular weight excluding hydrogens is 342 g/mol. The maximum Gasteiger partial charge on any atom is 0.238 e. The van der Waals surface area contributed by atoms with Crippen molar-refractivity contribution in [3.05, 3.63) is 29.3 Å². The van der Waals surface area contributed by atoms with Crippen LogP contribution in [0.25, 0.3) is 0 Å². The molecule has 0 aliphatic carbocycles. The zero-order chi connectivity index (χ0) is 18.7. The monoisotopic (exact) mass is 361 g/mol. The zero-order valence-corrected chi connectivity index (χ0v) is 14.8. The summed E-state index contributed by atoms with van der Waals surface area (Å²) in [7, 11) is 1.65. The van der Waals surface area contributed by atoms with Gasteiger partial charge in [0.25, 0.3) is 0 Å². The van der Waals surface area contributed by atoms with E-state index in [-0.39, 0.29) is 50.8 Å². The number of rotatable bonds is 9. The molecule has 0 spiro atoms. The first-order chi connectivity index (χ1) is 12.0. The van der Waals surface area contributed by atoms with E-state index in [2.05, 4.69) is 5.32 Å². The Morgan fingerprint density at radius 1 is 1.16 bits per heavy atom. The van der Waals surface area contributed by atoms with Crippen LogP contribution < -0.4 is 5.32 Å². The Kier molecular flexibility index (Phi) is 9.02. The first-order valence-corrected chi connectivity index (χ1v) is 8.09. The Balaban J connectivity index is 2.51. The fraction of sp³-hybridized carbons (Fsp3) is 0.412. The van der Waals surface area contributed by atoms with E-state index in [1.54, 1.807) is 36.2 Å². The predicted molar refractivity (Wildman–Crippen MR) is 94.6 cm³/mol. The lowest BCUT2D eigenvalue weighted by Crippen LogP contribution is -2.42. The lowest BCUT2D eigenvalue weighted by molar-refractivity contribution is -0.132. The summed E-state index contributed by atoms with van der Waals surface area (Å²) in [6, 6.07) is 10.8. The number of hydrogen-bond acceptors (Lipinski definition) is 5. The molecule has 0 aliphatic heterocycles. The molecule has 1 aromatic carbocycles. The number of nitriles is 2. The maximum atomic E-state index is 12.3. The van der Waals surface area contributed by atoms with Crippen molar-refractivity contribution < 1.29 is 9.59 Å². The first-order valence-electron chi connectivity index (χ1n) is 7.72. The molecule has 1 aromatic rings. The van der Waals surface area contributed by atoms with Crippen LogP contribution in [0.4, 0.5) is 5.69 Å². The average molecular weight is 362 g/mol. The van der Waals surface area contributed by atoms with Crippen molar-refractivity contribution in [2.75, 3.05) is 38.5 Å². The molecule has 25 heavy (non-hydrogen) atoms. The van der Waals surface area contributed by atoms with Crippen LogP contribution >= 0.6 is 11.6 Å². The molecule has 0 aromatic heterocycles. The molecule has 1 N–H and O–H groups in total. The lowest BCUT2D eigenvalue weighted by Gasteiger charge is -2.23. The Bertz CT molecular complexity index is 662. The molecule has 2 amide bonds. The van der Waals surface area contributed by atoms with Gasteiger partial charge in [0, 0.05) is 23.8 Å². The number of nitrogens with zero attached hydrogens (tertiary/aromatic N) is 4. The molecule has 0 saturated heterocycles. The van der Waals surface area contributed by atoms with Crippen molar-refractivity contribution in [2.24, 2.45) is 0 Å². The van der Waals surface area contributed by atoms with Gasteiger partial charge in [-0.05, 0) is 25.2 Å². The van der Waals surface area contributed by atoms with Crippen molar-refractivity contribution in [1.82, 2.24) is 9.80 Å². The Labute approximate surface area is 152 Å². The van der Waals surface area contributed by atoms with E-state index in [0.717, 1.165) is 0 Å². The number of anilines is 1. The van der Waals surface area contributed by atoms with Crippen LogP contribution in [-0.4, -0.2) is 54.8 Å². The molecule has 0 heterocycles. The van der Waals surface area contributed by atoms with Crippen LogP contribution in [0.2, 0.25) is 5.02 Å². The van der Waals surface area contributed by atoms with E-state index >= 15 is 0 Å². The van der Waals surface area contributed by atoms with Gasteiger partial charge in [-0.3, -0.25) is 14.5 Å². The first kappa shape index (κ1) is 20.4. The number of nitrogens with one attached hydrogen (secondary N) is 1. The van der Waals surface area contributed by atoms with Gasteiger partial charge >= 0.3 is 0 Å². The predicted octanol–water partition coefficient (Wildman–Crippen LogP) is 1.87. The Morgan fingerprint density at radius 2 is 1.80 bits per heavy atom. The second-order valence-electron chi connectivity index (χ2n) is 5.43. The number of carbonyl (C=O) groups excluding carboxylic acids is 2. The van der Waals surface area contributed by atoms with Gasteiger partial charge in [0.15, 0.2) is 0 Å². The largest absolute Gasteiger partial charge is 0.340 e. The van der Waals surface area contributed by atoms with Crippen LogP contribution in [0.5, 0.6) is 0 Å². The van der Waals surface area contributed by atoms with Crippen LogP contribution in [0.1, 0.15) is 12.8 Å². The van der Waals surface area contributed by atoms with Crippen molar-refractivity contribution in [3.63, 3.8) is 0 Å². The number of likely N-dealkylation sites (N-methyl/N-ethyl adjacent to an activating group) is 1. The molecule has 8 heteroatoms. The van der Waals surface area contributed by atoms with Crippen molar-refractivity contribution in [1.29, 1.82) is 10.5 Å². The number of benzene rings is 1. The van der Waals surface area contributed by atoms with Gasteiger partial charge in [0.05, 0.1) is 38.1 Å². The molecule has 0 saturated carbocycles. The molecule has 0 bridgehead atoms. The van der Waals surface area contributed by atoms with Crippen molar-refractivity contribution in [2.45, 2.75) is 12.8 Å². The van der Waals surface area contributed by atoms with E-state index in [0.29, 0.717) is 10.7 Å². The lowest BCUT2D eigenvalue weighted by atomic mass is 10.3. The van der Waals surface area contributed by atoms with E-state index in [1.807, 2.05) is 12.1 Å². The number of amides is 2. The van der Waals surface area contributed by atoms with E-state index in [9.17, 15) is 9.59 Å². The van der Waals surface area contributed by atoms with Crippen LogP contribution in [0.15, 0.2) is 24.3 Å². The molecule has 0 unspecified atom stereocenters. The second kappa shape index (κ2) is 11.0. The number of halogens is 1. The summed E-state index contributed by atoms with van der Waals surface area (Å²) >= 11 is 5.86. The maximum absolute atomic E-state index is 12.3. The van der Waals surface area contributed by atoms with Gasteiger partial charge in [-0.2, -0.15) is 10.5 Å². The van der Waals surface area contributed by atoms with Gasteiger partial charge in [0.1, 0.15) is 0 Å². The van der Waals surface area contributed by atoms with Crippen LogP contribution in [0, 0.1) is 22.7 Å².